The summed E-state index contributed by atoms with van der Waals surface area (Å²) < 4.78 is 34.2. The van der Waals surface area contributed by atoms with E-state index in [0.29, 0.717) is 41.8 Å². The first-order valence-electron chi connectivity index (χ1n) is 9.77. The van der Waals surface area contributed by atoms with E-state index < -0.39 is 6.61 Å². The summed E-state index contributed by atoms with van der Waals surface area (Å²) in [4.78, 5) is 22.0. The minimum absolute atomic E-state index is 0.0797. The Bertz CT molecular complexity index is 1030. The quantitative estimate of drug-likeness (QED) is 0.497. The van der Waals surface area contributed by atoms with Crippen LogP contribution in [-0.2, 0) is 16.6 Å². The van der Waals surface area contributed by atoms with E-state index in [1.807, 2.05) is 27.7 Å². The van der Waals surface area contributed by atoms with Gasteiger partial charge < -0.3 is 14.6 Å². The summed E-state index contributed by atoms with van der Waals surface area (Å²) in [6, 6.07) is 6.23. The van der Waals surface area contributed by atoms with Crippen LogP contribution in [0.5, 0.6) is 5.75 Å². The van der Waals surface area contributed by atoms with Crippen molar-refractivity contribution < 1.29 is 22.8 Å². The van der Waals surface area contributed by atoms with Gasteiger partial charge in [-0.25, -0.2) is 4.98 Å². The second-order valence-corrected chi connectivity index (χ2v) is 9.19. The molecule has 2 heterocycles. The number of hydrogen-bond acceptors (Lipinski definition) is 7. The normalized spacial score (nSPS) is 11.7. The highest BCUT2D eigenvalue weighted by molar-refractivity contribution is 7.16. The van der Waals surface area contributed by atoms with Crippen LogP contribution in [0.1, 0.15) is 50.2 Å². The van der Waals surface area contributed by atoms with Gasteiger partial charge >= 0.3 is 6.61 Å². The van der Waals surface area contributed by atoms with E-state index in [2.05, 4.69) is 25.2 Å². The number of aromatic nitrogens is 3. The van der Waals surface area contributed by atoms with Crippen molar-refractivity contribution in [1.82, 2.24) is 15.1 Å². The van der Waals surface area contributed by atoms with Crippen molar-refractivity contribution in [2.75, 3.05) is 5.32 Å². The largest absolute Gasteiger partial charge is 0.435 e. The zero-order valence-corrected chi connectivity index (χ0v) is 18.6. The van der Waals surface area contributed by atoms with Crippen molar-refractivity contribution >= 4 is 22.4 Å². The molecule has 1 N–H and O–H groups in total. The molecule has 0 radical (unpaired) electrons. The number of nitrogens with one attached hydrogen (secondary N) is 1. The van der Waals surface area contributed by atoms with Gasteiger partial charge in [0.1, 0.15) is 5.75 Å². The molecule has 1 amide bonds. The number of thiazole rings is 1. The molecule has 0 saturated carbocycles. The molecular weight excluding hydrogens is 426 g/mol. The molecule has 0 fully saturated rings. The van der Waals surface area contributed by atoms with E-state index in [0.717, 1.165) is 10.4 Å². The van der Waals surface area contributed by atoms with Crippen molar-refractivity contribution in [3.05, 3.63) is 40.9 Å². The molecule has 0 aliphatic carbocycles. The lowest BCUT2D eigenvalue weighted by molar-refractivity contribution is -0.116. The lowest BCUT2D eigenvalue weighted by atomic mass is 9.96. The first-order valence-corrected chi connectivity index (χ1v) is 10.6. The summed E-state index contributed by atoms with van der Waals surface area (Å²) >= 11 is 1.35. The van der Waals surface area contributed by atoms with Crippen molar-refractivity contribution in [3.63, 3.8) is 0 Å². The number of carbonyl (C=O) groups excluding carboxylic acids is 1. The SMILES string of the molecule is Cc1sc(NC(=O)CCCc2nc(C(C)(C)C)no2)nc1-c1ccc(OC(F)F)cc1. The van der Waals surface area contributed by atoms with Crippen molar-refractivity contribution in [1.29, 1.82) is 0 Å². The number of nitrogens with zero attached hydrogens (tertiary/aromatic N) is 3. The first-order chi connectivity index (χ1) is 14.6. The van der Waals surface area contributed by atoms with E-state index in [1.165, 1.54) is 23.5 Å². The van der Waals surface area contributed by atoms with Gasteiger partial charge in [-0.3, -0.25) is 4.79 Å². The van der Waals surface area contributed by atoms with E-state index >= 15 is 0 Å². The van der Waals surface area contributed by atoms with E-state index in [1.54, 1.807) is 12.1 Å². The molecule has 166 valence electrons. The maximum Gasteiger partial charge on any atom is 0.387 e. The molecule has 0 unspecified atom stereocenters. The number of ether oxygens (including phenoxy) is 1. The maximum atomic E-state index is 12.3. The van der Waals surface area contributed by atoms with Crippen LogP contribution in [-0.4, -0.2) is 27.6 Å². The van der Waals surface area contributed by atoms with Gasteiger partial charge in [0, 0.05) is 28.7 Å². The van der Waals surface area contributed by atoms with E-state index in [4.69, 9.17) is 4.52 Å². The highest BCUT2D eigenvalue weighted by Crippen LogP contribution is 2.31. The first kappa shape index (κ1) is 22.8. The zero-order chi connectivity index (χ0) is 22.6. The Morgan fingerprint density at radius 2 is 1.94 bits per heavy atom. The van der Waals surface area contributed by atoms with Crippen LogP contribution in [0, 0.1) is 6.92 Å². The number of aryl methyl sites for hydroxylation is 2. The molecule has 3 rings (SSSR count). The molecule has 7 nitrogen and oxygen atoms in total. The number of amides is 1. The van der Waals surface area contributed by atoms with Crippen LogP contribution in [0.25, 0.3) is 11.3 Å². The Morgan fingerprint density at radius 3 is 2.55 bits per heavy atom. The van der Waals surface area contributed by atoms with Gasteiger partial charge in [-0.15, -0.1) is 11.3 Å². The van der Waals surface area contributed by atoms with Crippen molar-refractivity contribution in [2.45, 2.75) is 59.0 Å². The van der Waals surface area contributed by atoms with Crippen LogP contribution in [0.15, 0.2) is 28.8 Å². The average molecular weight is 451 g/mol. The van der Waals surface area contributed by atoms with Gasteiger partial charge in [-0.2, -0.15) is 13.8 Å². The smallest absolute Gasteiger partial charge is 0.387 e. The maximum absolute atomic E-state index is 12.3. The number of benzene rings is 1. The summed E-state index contributed by atoms with van der Waals surface area (Å²) in [5, 5.41) is 7.26. The second-order valence-electron chi connectivity index (χ2n) is 7.99. The Hall–Kier alpha value is -2.88. The highest BCUT2D eigenvalue weighted by atomic mass is 32.1. The second kappa shape index (κ2) is 9.51. The van der Waals surface area contributed by atoms with Crippen LogP contribution >= 0.6 is 11.3 Å². The molecule has 0 atom stereocenters. The number of anilines is 1. The number of hydrogen-bond donors (Lipinski definition) is 1. The Balaban J connectivity index is 1.53. The average Bonchev–Trinajstić information content (AvgIpc) is 3.29. The predicted molar refractivity (Wildman–Crippen MR) is 113 cm³/mol. The summed E-state index contributed by atoms with van der Waals surface area (Å²) in [7, 11) is 0. The summed E-state index contributed by atoms with van der Waals surface area (Å²) in [5.41, 5.74) is 1.25. The van der Waals surface area contributed by atoms with Gasteiger partial charge in [0.25, 0.3) is 0 Å². The lowest BCUT2D eigenvalue weighted by Crippen LogP contribution is -2.13. The van der Waals surface area contributed by atoms with Gasteiger partial charge in [-0.1, -0.05) is 25.9 Å². The monoisotopic (exact) mass is 450 g/mol. The Morgan fingerprint density at radius 1 is 1.23 bits per heavy atom. The standard InChI is InChI=1S/C21H24F2N4O3S/c1-12-17(13-8-10-14(11-9-13)29-19(22)23)26-20(31-12)24-15(28)6-5-7-16-25-18(27-30-16)21(2,3)4/h8-11,19H,5-7H2,1-4H3,(H,24,26,28). The molecule has 2 aromatic heterocycles. The lowest BCUT2D eigenvalue weighted by Gasteiger charge is -2.10. The molecule has 1 aromatic carbocycles. The highest BCUT2D eigenvalue weighted by Gasteiger charge is 2.21. The minimum atomic E-state index is -2.87. The molecule has 10 heteroatoms. The number of carbonyl (C=O) groups is 1. The molecule has 31 heavy (non-hydrogen) atoms. The van der Waals surface area contributed by atoms with Crippen molar-refractivity contribution in [2.24, 2.45) is 0 Å². The minimum Gasteiger partial charge on any atom is -0.435 e. The van der Waals surface area contributed by atoms with Crippen LogP contribution in [0.4, 0.5) is 13.9 Å². The third-order valence-electron chi connectivity index (χ3n) is 4.33. The molecule has 0 saturated heterocycles. The number of rotatable bonds is 8. The van der Waals surface area contributed by atoms with Gasteiger partial charge in [0.2, 0.25) is 11.8 Å². The van der Waals surface area contributed by atoms with Gasteiger partial charge in [-0.05, 0) is 37.6 Å². The summed E-state index contributed by atoms with van der Waals surface area (Å²) in [6.45, 7) is 5.03. The molecular formula is C21H24F2N4O3S. The van der Waals surface area contributed by atoms with Crippen LogP contribution < -0.4 is 10.1 Å². The Labute approximate surface area is 182 Å². The van der Waals surface area contributed by atoms with Crippen LogP contribution in [0.3, 0.4) is 0 Å². The van der Waals surface area contributed by atoms with E-state index in [-0.39, 0.29) is 17.1 Å². The number of alkyl halides is 2. The van der Waals surface area contributed by atoms with E-state index in [9.17, 15) is 13.6 Å². The zero-order valence-electron chi connectivity index (χ0n) is 17.7. The number of halogens is 2. The third-order valence-corrected chi connectivity index (χ3v) is 5.22. The fourth-order valence-corrected chi connectivity index (χ4v) is 3.61. The predicted octanol–water partition coefficient (Wildman–Crippen LogP) is 5.36. The van der Waals surface area contributed by atoms with Crippen molar-refractivity contribution in [3.8, 4) is 17.0 Å². The third kappa shape index (κ3) is 6.30. The molecule has 0 aliphatic rings. The molecule has 3 aromatic rings. The molecule has 0 spiro atoms. The topological polar surface area (TPSA) is 90.1 Å². The van der Waals surface area contributed by atoms with Gasteiger partial charge in [0.05, 0.1) is 5.69 Å². The summed E-state index contributed by atoms with van der Waals surface area (Å²) in [6.07, 6.45) is 1.38. The van der Waals surface area contributed by atoms with Gasteiger partial charge in [0.15, 0.2) is 11.0 Å². The van der Waals surface area contributed by atoms with Crippen LogP contribution in [0.2, 0.25) is 0 Å². The summed E-state index contributed by atoms with van der Waals surface area (Å²) in [5.74, 6) is 1.09. The fourth-order valence-electron chi connectivity index (χ4n) is 2.75. The Kier molecular flexibility index (Phi) is 6.99. The fraction of sp³-hybridized carbons (Fsp3) is 0.429. The molecule has 0 aliphatic heterocycles. The molecule has 0 bridgehead atoms.